The lowest BCUT2D eigenvalue weighted by Gasteiger charge is -1.99. The van der Waals surface area contributed by atoms with Crippen molar-refractivity contribution in [3.63, 3.8) is 0 Å². The zero-order valence-electron chi connectivity index (χ0n) is 8.60. The fraction of sp³-hybridized carbons (Fsp3) is 0.100. The molecule has 1 heterocycles. The number of aromatic amines is 1. The van der Waals surface area contributed by atoms with Crippen molar-refractivity contribution < 1.29 is 19.6 Å². The number of H-pyrrole nitrogens is 1. The summed E-state index contributed by atoms with van der Waals surface area (Å²) in [5.74, 6) is -0.491. The minimum absolute atomic E-state index is 0.283. The van der Waals surface area contributed by atoms with Gasteiger partial charge in [0.15, 0.2) is 0 Å². The molecule has 1 aromatic carbocycles. The van der Waals surface area contributed by atoms with E-state index in [1.807, 2.05) is 0 Å². The van der Waals surface area contributed by atoms with Crippen molar-refractivity contribution in [2.75, 3.05) is 7.11 Å². The maximum Gasteiger partial charge on any atom is 0.489 e. The Kier molecular flexibility index (Phi) is 2.68. The van der Waals surface area contributed by atoms with Gasteiger partial charge in [0.25, 0.3) is 0 Å². The molecule has 2 rings (SSSR count). The summed E-state index contributed by atoms with van der Waals surface area (Å²) in [5.41, 5.74) is 1.29. The van der Waals surface area contributed by atoms with Crippen LogP contribution in [0.1, 0.15) is 10.5 Å². The van der Waals surface area contributed by atoms with Crippen LogP contribution in [0.4, 0.5) is 0 Å². The largest absolute Gasteiger partial charge is 0.489 e. The molecule has 0 unspecified atom stereocenters. The van der Waals surface area contributed by atoms with E-state index in [2.05, 4.69) is 9.72 Å². The van der Waals surface area contributed by atoms with Gasteiger partial charge in [0.05, 0.1) is 7.11 Å². The van der Waals surface area contributed by atoms with Crippen LogP contribution in [0.3, 0.4) is 0 Å². The van der Waals surface area contributed by atoms with Crippen LogP contribution in [0.5, 0.6) is 0 Å². The Morgan fingerprint density at radius 3 is 2.81 bits per heavy atom. The van der Waals surface area contributed by atoms with Crippen LogP contribution in [-0.4, -0.2) is 35.2 Å². The Morgan fingerprint density at radius 1 is 1.44 bits per heavy atom. The molecule has 82 valence electrons. The number of hydrogen-bond acceptors (Lipinski definition) is 4. The first kappa shape index (κ1) is 10.7. The molecule has 0 spiro atoms. The second-order valence-corrected chi connectivity index (χ2v) is 3.36. The lowest BCUT2D eigenvalue weighted by Crippen LogP contribution is -2.30. The molecule has 0 aliphatic rings. The van der Waals surface area contributed by atoms with E-state index in [0.29, 0.717) is 16.4 Å². The predicted octanol–water partition coefficient (Wildman–Crippen LogP) is -0.366. The highest BCUT2D eigenvalue weighted by Crippen LogP contribution is 2.14. The number of ether oxygens (including phenoxy) is 1. The van der Waals surface area contributed by atoms with E-state index in [4.69, 9.17) is 10.0 Å². The number of benzene rings is 1. The molecule has 0 saturated carbocycles. The predicted molar refractivity (Wildman–Crippen MR) is 59.5 cm³/mol. The van der Waals surface area contributed by atoms with Crippen molar-refractivity contribution in [2.45, 2.75) is 0 Å². The first-order chi connectivity index (χ1) is 7.63. The number of aromatic nitrogens is 1. The topological polar surface area (TPSA) is 82.6 Å². The summed E-state index contributed by atoms with van der Waals surface area (Å²) in [5, 5.41) is 18.9. The van der Waals surface area contributed by atoms with Crippen LogP contribution in [0.15, 0.2) is 24.3 Å². The highest BCUT2D eigenvalue weighted by atomic mass is 16.5. The summed E-state index contributed by atoms with van der Waals surface area (Å²) in [6, 6.07) is 6.54. The van der Waals surface area contributed by atoms with Gasteiger partial charge in [0.2, 0.25) is 0 Å². The van der Waals surface area contributed by atoms with Gasteiger partial charge in [-0.2, -0.15) is 0 Å². The fourth-order valence-corrected chi connectivity index (χ4v) is 1.62. The van der Waals surface area contributed by atoms with E-state index in [1.165, 1.54) is 13.2 Å². The number of methoxy groups -OCH3 is 1. The average Bonchev–Trinajstić information content (AvgIpc) is 2.70. The molecule has 0 saturated heterocycles. The molecule has 0 fully saturated rings. The van der Waals surface area contributed by atoms with Gasteiger partial charge in [0.1, 0.15) is 5.69 Å². The normalized spacial score (nSPS) is 10.4. The van der Waals surface area contributed by atoms with E-state index >= 15 is 0 Å². The molecule has 6 heteroatoms. The first-order valence-electron chi connectivity index (χ1n) is 4.69. The highest BCUT2D eigenvalue weighted by molar-refractivity contribution is 6.62. The SMILES string of the molecule is COC(=O)c1cc2c(B(O)O)cccc2[nH]1. The summed E-state index contributed by atoms with van der Waals surface area (Å²) >= 11 is 0. The number of esters is 1. The molecule has 0 amide bonds. The van der Waals surface area contributed by atoms with Gasteiger partial charge in [-0.25, -0.2) is 4.79 Å². The van der Waals surface area contributed by atoms with Gasteiger partial charge in [-0.15, -0.1) is 0 Å². The summed E-state index contributed by atoms with van der Waals surface area (Å²) < 4.78 is 4.57. The van der Waals surface area contributed by atoms with E-state index in [1.54, 1.807) is 18.2 Å². The van der Waals surface area contributed by atoms with Crippen molar-refractivity contribution in [1.82, 2.24) is 4.98 Å². The summed E-state index contributed by atoms with van der Waals surface area (Å²) in [6.45, 7) is 0. The van der Waals surface area contributed by atoms with Crippen molar-refractivity contribution in [2.24, 2.45) is 0 Å². The molecule has 5 nitrogen and oxygen atoms in total. The van der Waals surface area contributed by atoms with Crippen LogP contribution < -0.4 is 5.46 Å². The number of carbonyl (C=O) groups is 1. The van der Waals surface area contributed by atoms with Gasteiger partial charge < -0.3 is 19.8 Å². The second kappa shape index (κ2) is 4.00. The smallest absolute Gasteiger partial charge is 0.464 e. The van der Waals surface area contributed by atoms with Gasteiger partial charge >= 0.3 is 13.1 Å². The Morgan fingerprint density at radius 2 is 2.19 bits per heavy atom. The van der Waals surface area contributed by atoms with Crippen LogP contribution in [-0.2, 0) is 4.74 Å². The van der Waals surface area contributed by atoms with Crippen LogP contribution in [0.2, 0.25) is 0 Å². The molecule has 0 aliphatic heterocycles. The first-order valence-corrected chi connectivity index (χ1v) is 4.69. The minimum Gasteiger partial charge on any atom is -0.464 e. The monoisotopic (exact) mass is 219 g/mol. The second-order valence-electron chi connectivity index (χ2n) is 3.36. The number of carbonyl (C=O) groups excluding carboxylic acids is 1. The lowest BCUT2D eigenvalue weighted by molar-refractivity contribution is 0.0595. The summed E-state index contributed by atoms with van der Waals surface area (Å²) in [6.07, 6.45) is 0. The Hall–Kier alpha value is -1.79. The number of fused-ring (bicyclic) bond motifs is 1. The lowest BCUT2D eigenvalue weighted by atomic mass is 9.78. The Labute approximate surface area is 91.8 Å². The zero-order chi connectivity index (χ0) is 11.7. The quantitative estimate of drug-likeness (QED) is 0.475. The standard InChI is InChI=1S/C10H10BNO4/c1-16-10(13)9-5-6-7(11(14)15)3-2-4-8(6)12-9/h2-5,12,14-15H,1H3. The van der Waals surface area contributed by atoms with E-state index in [0.717, 1.165) is 0 Å². The molecule has 3 N–H and O–H groups in total. The molecule has 0 radical (unpaired) electrons. The minimum atomic E-state index is -1.56. The van der Waals surface area contributed by atoms with Crippen molar-refractivity contribution in [3.8, 4) is 0 Å². The van der Waals surface area contributed by atoms with Crippen molar-refractivity contribution in [1.29, 1.82) is 0 Å². The number of nitrogens with one attached hydrogen (secondary N) is 1. The van der Waals surface area contributed by atoms with Crippen LogP contribution in [0, 0.1) is 0 Å². The third kappa shape index (κ3) is 1.68. The molecule has 0 aliphatic carbocycles. The maximum absolute atomic E-state index is 11.3. The average molecular weight is 219 g/mol. The summed E-state index contributed by atoms with van der Waals surface area (Å²) in [4.78, 5) is 14.1. The van der Waals surface area contributed by atoms with Crippen LogP contribution >= 0.6 is 0 Å². The molecular weight excluding hydrogens is 209 g/mol. The Bertz CT molecular complexity index is 535. The van der Waals surface area contributed by atoms with E-state index in [-0.39, 0.29) is 5.69 Å². The summed E-state index contributed by atoms with van der Waals surface area (Å²) in [7, 11) is -0.277. The molecular formula is C10H10BNO4. The third-order valence-corrected chi connectivity index (χ3v) is 2.38. The molecule has 1 aromatic heterocycles. The van der Waals surface area contributed by atoms with Gasteiger partial charge in [-0.1, -0.05) is 12.1 Å². The Balaban J connectivity index is 2.61. The maximum atomic E-state index is 11.3. The van der Waals surface area contributed by atoms with E-state index < -0.39 is 13.1 Å². The highest BCUT2D eigenvalue weighted by Gasteiger charge is 2.17. The molecule has 0 bridgehead atoms. The van der Waals surface area contributed by atoms with Gasteiger partial charge in [-0.05, 0) is 17.6 Å². The van der Waals surface area contributed by atoms with Crippen LogP contribution in [0.25, 0.3) is 10.9 Å². The molecule has 16 heavy (non-hydrogen) atoms. The van der Waals surface area contributed by atoms with Crippen molar-refractivity contribution >= 4 is 29.5 Å². The van der Waals surface area contributed by atoms with Gasteiger partial charge in [0, 0.05) is 10.9 Å². The third-order valence-electron chi connectivity index (χ3n) is 2.38. The molecule has 2 aromatic rings. The fourth-order valence-electron chi connectivity index (χ4n) is 1.62. The van der Waals surface area contributed by atoms with Gasteiger partial charge in [-0.3, -0.25) is 0 Å². The number of hydrogen-bond donors (Lipinski definition) is 3. The number of rotatable bonds is 2. The van der Waals surface area contributed by atoms with Crippen molar-refractivity contribution in [3.05, 3.63) is 30.0 Å². The molecule has 0 atom stereocenters. The van der Waals surface area contributed by atoms with E-state index in [9.17, 15) is 4.79 Å². The zero-order valence-corrected chi connectivity index (χ0v) is 8.60.